The van der Waals surface area contributed by atoms with Crippen LogP contribution in [0.5, 0.6) is 5.75 Å². The number of benzene rings is 1. The minimum Gasteiger partial charge on any atom is -0.489 e. The van der Waals surface area contributed by atoms with E-state index in [9.17, 15) is 10.1 Å². The Labute approximate surface area is 125 Å². The first-order valence-electron chi connectivity index (χ1n) is 6.57. The monoisotopic (exact) mass is 300 g/mol. The summed E-state index contributed by atoms with van der Waals surface area (Å²) in [6, 6.07) is 9.22. The Kier molecular flexibility index (Phi) is 4.01. The topological polar surface area (TPSA) is 103 Å². The van der Waals surface area contributed by atoms with Crippen LogP contribution in [0.15, 0.2) is 52.8 Å². The van der Waals surface area contributed by atoms with Crippen LogP contribution in [0.3, 0.4) is 0 Å². The lowest BCUT2D eigenvalue weighted by Gasteiger charge is -2.02. The number of non-ortho nitro benzene ring substituents is 1. The van der Waals surface area contributed by atoms with Gasteiger partial charge in [-0.1, -0.05) is 0 Å². The summed E-state index contributed by atoms with van der Waals surface area (Å²) in [6.45, 7) is 1.26. The zero-order valence-corrected chi connectivity index (χ0v) is 11.5. The van der Waals surface area contributed by atoms with Gasteiger partial charge in [0.25, 0.3) is 5.69 Å². The molecule has 1 saturated heterocycles. The van der Waals surface area contributed by atoms with Crippen molar-refractivity contribution in [2.45, 2.75) is 6.10 Å². The maximum absolute atomic E-state index is 10.5. The van der Waals surface area contributed by atoms with Gasteiger partial charge in [0.2, 0.25) is 0 Å². The lowest BCUT2D eigenvalue weighted by Crippen LogP contribution is -2.03. The van der Waals surface area contributed by atoms with Crippen molar-refractivity contribution in [2.75, 3.05) is 13.2 Å². The summed E-state index contributed by atoms with van der Waals surface area (Å²) in [5.41, 5.74) is 0.525. The number of nitrogens with zero attached hydrogens (tertiary/aromatic N) is 4. The van der Waals surface area contributed by atoms with Gasteiger partial charge >= 0.3 is 0 Å². The molecule has 1 aliphatic heterocycles. The summed E-state index contributed by atoms with van der Waals surface area (Å²) in [4.78, 5) is 14.2. The predicted octanol–water partition coefficient (Wildman–Crippen LogP) is 3.18. The molecule has 3 rings (SSSR count). The Morgan fingerprint density at radius 3 is 2.64 bits per heavy atom. The highest BCUT2D eigenvalue weighted by molar-refractivity contribution is 5.44. The van der Waals surface area contributed by atoms with Crippen LogP contribution in [0.1, 0.15) is 0 Å². The number of ether oxygens (including phenoxy) is 2. The quantitative estimate of drug-likeness (QED) is 0.353. The number of rotatable bonds is 6. The largest absolute Gasteiger partial charge is 0.489 e. The SMILES string of the molecule is O=[N+]([O-])c1ccc(N=Nc2ccc(OC[C@@H]3CO3)cn2)cc1. The van der Waals surface area contributed by atoms with Gasteiger partial charge in [0, 0.05) is 12.1 Å². The molecule has 22 heavy (non-hydrogen) atoms. The molecular formula is C14H12N4O4. The maximum Gasteiger partial charge on any atom is 0.269 e. The van der Waals surface area contributed by atoms with Crippen LogP contribution in [0.2, 0.25) is 0 Å². The molecule has 1 atom stereocenters. The third-order valence-corrected chi connectivity index (χ3v) is 2.89. The molecule has 0 bridgehead atoms. The third-order valence-electron chi connectivity index (χ3n) is 2.89. The molecule has 0 spiro atoms. The van der Waals surface area contributed by atoms with Crippen molar-refractivity contribution in [2.24, 2.45) is 10.2 Å². The van der Waals surface area contributed by atoms with Crippen molar-refractivity contribution in [1.82, 2.24) is 4.98 Å². The lowest BCUT2D eigenvalue weighted by atomic mass is 10.3. The van der Waals surface area contributed by atoms with Gasteiger partial charge in [-0.25, -0.2) is 4.98 Å². The Balaban J connectivity index is 1.60. The van der Waals surface area contributed by atoms with E-state index in [-0.39, 0.29) is 11.8 Å². The van der Waals surface area contributed by atoms with E-state index in [1.54, 1.807) is 18.3 Å². The van der Waals surface area contributed by atoms with Gasteiger partial charge in [0.05, 0.1) is 23.4 Å². The Morgan fingerprint density at radius 1 is 1.27 bits per heavy atom. The standard InChI is InChI=1S/C14H12N4O4/c19-18(20)11-3-1-10(2-4-11)16-17-14-6-5-12(7-15-14)21-8-13-9-22-13/h1-7,13H,8-9H2/t13-/m1/s1. The van der Waals surface area contributed by atoms with E-state index < -0.39 is 4.92 Å². The molecule has 1 fully saturated rings. The van der Waals surface area contributed by atoms with Gasteiger partial charge in [-0.05, 0) is 24.3 Å². The molecular weight excluding hydrogens is 288 g/mol. The fraction of sp³-hybridized carbons (Fsp3) is 0.214. The number of hydrogen-bond acceptors (Lipinski definition) is 7. The fourth-order valence-corrected chi connectivity index (χ4v) is 1.62. The first kappa shape index (κ1) is 14.1. The average molecular weight is 300 g/mol. The molecule has 1 aromatic heterocycles. The van der Waals surface area contributed by atoms with Crippen LogP contribution in [-0.2, 0) is 4.74 Å². The highest BCUT2D eigenvalue weighted by Crippen LogP contribution is 2.21. The van der Waals surface area contributed by atoms with Crippen LogP contribution in [0, 0.1) is 10.1 Å². The van der Waals surface area contributed by atoms with Crippen molar-refractivity contribution in [1.29, 1.82) is 0 Å². The second kappa shape index (κ2) is 6.27. The van der Waals surface area contributed by atoms with Gasteiger partial charge in [-0.2, -0.15) is 0 Å². The van der Waals surface area contributed by atoms with Crippen molar-refractivity contribution in [3.05, 3.63) is 52.7 Å². The molecule has 0 radical (unpaired) electrons. The number of aromatic nitrogens is 1. The summed E-state index contributed by atoms with van der Waals surface area (Å²) in [6.07, 6.45) is 1.76. The Bertz CT molecular complexity index is 681. The number of azo groups is 1. The van der Waals surface area contributed by atoms with E-state index in [1.165, 1.54) is 24.3 Å². The average Bonchev–Trinajstić information content (AvgIpc) is 3.36. The highest BCUT2D eigenvalue weighted by Gasteiger charge is 2.22. The molecule has 0 N–H and O–H groups in total. The number of epoxide rings is 1. The highest BCUT2D eigenvalue weighted by atomic mass is 16.6. The number of nitro groups is 1. The summed E-state index contributed by atoms with van der Waals surface area (Å²) >= 11 is 0. The second-order valence-corrected chi connectivity index (χ2v) is 4.59. The van der Waals surface area contributed by atoms with E-state index >= 15 is 0 Å². The molecule has 0 aliphatic carbocycles. The van der Waals surface area contributed by atoms with E-state index in [0.717, 1.165) is 6.61 Å². The predicted molar refractivity (Wildman–Crippen MR) is 76.7 cm³/mol. The minimum atomic E-state index is -0.464. The van der Waals surface area contributed by atoms with Gasteiger partial charge in [0.15, 0.2) is 5.82 Å². The Hall–Kier alpha value is -2.87. The number of nitro benzene ring substituents is 1. The zero-order valence-electron chi connectivity index (χ0n) is 11.5. The van der Waals surface area contributed by atoms with E-state index in [0.29, 0.717) is 23.9 Å². The van der Waals surface area contributed by atoms with Crippen LogP contribution >= 0.6 is 0 Å². The van der Waals surface area contributed by atoms with Crippen molar-refractivity contribution in [3.63, 3.8) is 0 Å². The van der Waals surface area contributed by atoms with E-state index in [1.807, 2.05) is 0 Å². The molecule has 1 aromatic carbocycles. The third kappa shape index (κ3) is 3.83. The van der Waals surface area contributed by atoms with Crippen LogP contribution < -0.4 is 4.74 Å². The molecule has 112 valence electrons. The van der Waals surface area contributed by atoms with Gasteiger partial charge < -0.3 is 9.47 Å². The lowest BCUT2D eigenvalue weighted by molar-refractivity contribution is -0.384. The Morgan fingerprint density at radius 2 is 2.05 bits per heavy atom. The molecule has 0 unspecified atom stereocenters. The van der Waals surface area contributed by atoms with Gasteiger partial charge in [0.1, 0.15) is 18.5 Å². The van der Waals surface area contributed by atoms with Crippen molar-refractivity contribution in [3.8, 4) is 5.75 Å². The van der Waals surface area contributed by atoms with Gasteiger partial charge in [-0.15, -0.1) is 10.2 Å². The second-order valence-electron chi connectivity index (χ2n) is 4.59. The first-order chi connectivity index (χ1) is 10.7. The van der Waals surface area contributed by atoms with E-state index in [4.69, 9.17) is 9.47 Å². The summed E-state index contributed by atoms with van der Waals surface area (Å²) < 4.78 is 10.5. The van der Waals surface area contributed by atoms with Crippen LogP contribution in [-0.4, -0.2) is 29.2 Å². The smallest absolute Gasteiger partial charge is 0.269 e. The summed E-state index contributed by atoms with van der Waals surface area (Å²) in [7, 11) is 0. The summed E-state index contributed by atoms with van der Waals surface area (Å²) in [5, 5.41) is 18.5. The molecule has 8 heteroatoms. The molecule has 0 amide bonds. The molecule has 1 aliphatic rings. The van der Waals surface area contributed by atoms with E-state index in [2.05, 4.69) is 15.2 Å². The normalized spacial score (nSPS) is 16.6. The number of pyridine rings is 1. The van der Waals surface area contributed by atoms with Crippen LogP contribution in [0.25, 0.3) is 0 Å². The molecule has 0 saturated carbocycles. The fourth-order valence-electron chi connectivity index (χ4n) is 1.62. The summed E-state index contributed by atoms with van der Waals surface area (Å²) in [5.74, 6) is 1.07. The van der Waals surface area contributed by atoms with Gasteiger partial charge in [-0.3, -0.25) is 10.1 Å². The number of hydrogen-bond donors (Lipinski definition) is 0. The molecule has 2 aromatic rings. The maximum atomic E-state index is 10.5. The molecule has 2 heterocycles. The molecule has 8 nitrogen and oxygen atoms in total. The van der Waals surface area contributed by atoms with Crippen molar-refractivity contribution < 1.29 is 14.4 Å². The minimum absolute atomic E-state index is 0.0122. The van der Waals surface area contributed by atoms with Crippen molar-refractivity contribution >= 4 is 17.2 Å². The zero-order chi connectivity index (χ0) is 15.4. The van der Waals surface area contributed by atoms with Crippen LogP contribution in [0.4, 0.5) is 17.2 Å². The first-order valence-corrected chi connectivity index (χ1v) is 6.57.